The summed E-state index contributed by atoms with van der Waals surface area (Å²) in [5, 5.41) is 10.5. The summed E-state index contributed by atoms with van der Waals surface area (Å²) >= 11 is -1.43. The maximum absolute atomic E-state index is 10.6. The van der Waals surface area contributed by atoms with Crippen molar-refractivity contribution in [3.05, 3.63) is 32.9 Å². The van der Waals surface area contributed by atoms with Crippen LogP contribution in [0.25, 0.3) is 0 Å². The van der Waals surface area contributed by atoms with Gasteiger partial charge in [0.25, 0.3) is 0 Å². The van der Waals surface area contributed by atoms with Gasteiger partial charge in [0.1, 0.15) is 0 Å². The molecule has 1 rings (SSSR count). The first-order valence-corrected chi connectivity index (χ1v) is 5.20. The van der Waals surface area contributed by atoms with Gasteiger partial charge in [0.05, 0.1) is 9.54 Å². The molecule has 64 valence electrons. The van der Waals surface area contributed by atoms with E-state index in [4.69, 9.17) is 0 Å². The molecule has 12 heavy (non-hydrogen) atoms. The Hall–Kier alpha value is -0.780. The van der Waals surface area contributed by atoms with Gasteiger partial charge in [-0.25, -0.2) is 0 Å². The van der Waals surface area contributed by atoms with Crippen LogP contribution in [0, 0.1) is 10.5 Å². The number of halogens is 1. The molecule has 4 heteroatoms. The van der Waals surface area contributed by atoms with Gasteiger partial charge >= 0.3 is 0 Å². The highest BCUT2D eigenvalue weighted by atomic mass is 127. The number of benzene rings is 1. The van der Waals surface area contributed by atoms with E-state index in [1.165, 1.54) is 6.07 Å². The molecule has 0 aliphatic carbocycles. The van der Waals surface area contributed by atoms with Gasteiger partial charge < -0.3 is 9.90 Å². The number of aromatic carboxylic acids is 1. The van der Waals surface area contributed by atoms with Crippen LogP contribution in [-0.4, -0.2) is 5.97 Å². The molecule has 0 aliphatic heterocycles. The molecule has 0 bridgehead atoms. The minimum absolute atomic E-state index is 0.0535. The lowest BCUT2D eigenvalue weighted by Crippen LogP contribution is -2.23. The van der Waals surface area contributed by atoms with Crippen molar-refractivity contribution in [2.75, 3.05) is 0 Å². The van der Waals surface area contributed by atoms with Crippen LogP contribution in [0.5, 0.6) is 0 Å². The average molecular weight is 277 g/mol. The minimum atomic E-state index is -1.43. The van der Waals surface area contributed by atoms with E-state index in [0.29, 0.717) is 3.57 Å². The lowest BCUT2D eigenvalue weighted by molar-refractivity contribution is -0.255. The zero-order valence-electron chi connectivity index (χ0n) is 6.33. The number of rotatable bonds is 2. The van der Waals surface area contributed by atoms with Crippen LogP contribution < -0.4 is 5.11 Å². The lowest BCUT2D eigenvalue weighted by Gasteiger charge is -2.04. The van der Waals surface area contributed by atoms with E-state index in [2.05, 4.69) is 0 Å². The third kappa shape index (κ3) is 1.88. The van der Waals surface area contributed by atoms with Gasteiger partial charge in [0, 0.05) is 5.56 Å². The van der Waals surface area contributed by atoms with E-state index in [0.717, 1.165) is 5.56 Å². The topological polar surface area (TPSA) is 57.2 Å². The fraction of sp³-hybridized carbons (Fsp3) is 0.125. The van der Waals surface area contributed by atoms with E-state index < -0.39 is 27.2 Å². The summed E-state index contributed by atoms with van der Waals surface area (Å²) in [6, 6.07) is 4.78. The SMILES string of the molecule is Cc1ccc(I=O)c(C(=O)[O-])c1. The number of hydrogen-bond acceptors (Lipinski definition) is 3. The first kappa shape index (κ1) is 9.31. The summed E-state index contributed by atoms with van der Waals surface area (Å²) in [6.45, 7) is 1.78. The first-order chi connectivity index (χ1) is 5.65. The Morgan fingerprint density at radius 3 is 2.67 bits per heavy atom. The molecule has 3 nitrogen and oxygen atoms in total. The Bertz CT molecular complexity index is 333. The minimum Gasteiger partial charge on any atom is -0.545 e. The Balaban J connectivity index is 3.30. The van der Waals surface area contributed by atoms with Crippen LogP contribution >= 0.6 is 21.2 Å². The predicted octanol–water partition coefficient (Wildman–Crippen LogP) is 0.844. The third-order valence-electron chi connectivity index (χ3n) is 1.42. The molecule has 0 N–H and O–H groups in total. The van der Waals surface area contributed by atoms with Crippen molar-refractivity contribution in [2.45, 2.75) is 6.92 Å². The zero-order chi connectivity index (χ0) is 9.14. The summed E-state index contributed by atoms with van der Waals surface area (Å²) in [6.07, 6.45) is 0. The van der Waals surface area contributed by atoms with Crippen LogP contribution in [0.2, 0.25) is 0 Å². The lowest BCUT2D eigenvalue weighted by atomic mass is 10.1. The van der Waals surface area contributed by atoms with E-state index in [1.807, 2.05) is 0 Å². The van der Waals surface area contributed by atoms with Crippen LogP contribution in [-0.2, 0) is 3.07 Å². The predicted molar refractivity (Wildman–Crippen MR) is 48.9 cm³/mol. The van der Waals surface area contributed by atoms with Crippen LogP contribution in [0.4, 0.5) is 0 Å². The number of carbonyl (C=O) groups excluding carboxylic acids is 1. The average Bonchev–Trinajstić information content (AvgIpc) is 2.04. The van der Waals surface area contributed by atoms with Crippen LogP contribution in [0.1, 0.15) is 15.9 Å². The van der Waals surface area contributed by atoms with Crippen molar-refractivity contribution in [3.8, 4) is 0 Å². The third-order valence-corrected chi connectivity index (χ3v) is 2.84. The monoisotopic (exact) mass is 277 g/mol. The van der Waals surface area contributed by atoms with Crippen LogP contribution in [0.3, 0.4) is 0 Å². The van der Waals surface area contributed by atoms with Crippen molar-refractivity contribution in [3.63, 3.8) is 0 Å². The highest BCUT2D eigenvalue weighted by Gasteiger charge is 2.02. The molecule has 0 saturated carbocycles. The molecule has 0 saturated heterocycles. The quantitative estimate of drug-likeness (QED) is 0.753. The standard InChI is InChI=1S/C8H7IO3/c1-5-2-3-7(9-12)6(4-5)8(10)11/h2-4H,1H3,(H,10,11)/p-1. The first-order valence-electron chi connectivity index (χ1n) is 3.24. The van der Waals surface area contributed by atoms with Gasteiger partial charge in [-0.05, 0) is 19.1 Å². The van der Waals surface area contributed by atoms with Crippen molar-refractivity contribution in [1.29, 1.82) is 0 Å². The highest BCUT2D eigenvalue weighted by Crippen LogP contribution is 2.16. The molecule has 0 amide bonds. The Morgan fingerprint density at radius 1 is 1.50 bits per heavy atom. The molecule has 0 aliphatic rings. The van der Waals surface area contributed by atoms with Gasteiger partial charge in [0.15, 0.2) is 21.2 Å². The fourth-order valence-electron chi connectivity index (χ4n) is 0.863. The molecule has 0 radical (unpaired) electrons. The molecule has 0 fully saturated rings. The summed E-state index contributed by atoms with van der Waals surface area (Å²) < 4.78 is 11.0. The molecule has 0 atom stereocenters. The van der Waals surface area contributed by atoms with Crippen molar-refractivity contribution in [1.82, 2.24) is 0 Å². The second-order valence-corrected chi connectivity index (χ2v) is 3.95. The second kappa shape index (κ2) is 3.75. The number of carbonyl (C=O) groups is 1. The van der Waals surface area contributed by atoms with Gasteiger partial charge in [-0.3, -0.25) is 3.07 Å². The van der Waals surface area contributed by atoms with Crippen molar-refractivity contribution < 1.29 is 13.0 Å². The van der Waals surface area contributed by atoms with E-state index in [-0.39, 0.29) is 5.56 Å². The molecular formula is C8H6IO3-. The van der Waals surface area contributed by atoms with Crippen molar-refractivity contribution in [2.24, 2.45) is 0 Å². The number of hydrogen-bond donors (Lipinski definition) is 0. The zero-order valence-corrected chi connectivity index (χ0v) is 8.49. The summed E-state index contributed by atoms with van der Waals surface area (Å²) in [4.78, 5) is 10.5. The molecule has 1 aromatic carbocycles. The maximum Gasteiger partial charge on any atom is 0.182 e. The Labute approximate surface area is 80.1 Å². The molecule has 0 unspecified atom stereocenters. The Kier molecular flexibility index (Phi) is 2.91. The largest absolute Gasteiger partial charge is 0.545 e. The normalized spacial score (nSPS) is 9.75. The number of carboxylic acid groups (broad SMARTS) is 1. The van der Waals surface area contributed by atoms with Gasteiger partial charge in [-0.1, -0.05) is 11.6 Å². The molecular weight excluding hydrogens is 271 g/mol. The van der Waals surface area contributed by atoms with Crippen LogP contribution in [0.15, 0.2) is 18.2 Å². The fourth-order valence-corrected chi connectivity index (χ4v) is 1.80. The smallest absolute Gasteiger partial charge is 0.182 e. The number of carboxylic acids is 1. The summed E-state index contributed by atoms with van der Waals surface area (Å²) in [5.41, 5.74) is 0.883. The van der Waals surface area contributed by atoms with E-state index in [1.54, 1.807) is 19.1 Å². The van der Waals surface area contributed by atoms with Crippen molar-refractivity contribution >= 4 is 27.2 Å². The molecule has 0 heterocycles. The Morgan fingerprint density at radius 2 is 2.17 bits per heavy atom. The molecule has 0 spiro atoms. The van der Waals surface area contributed by atoms with Gasteiger partial charge in [-0.15, -0.1) is 0 Å². The van der Waals surface area contributed by atoms with Gasteiger partial charge in [0.2, 0.25) is 0 Å². The molecule has 0 aromatic heterocycles. The summed E-state index contributed by atoms with van der Waals surface area (Å²) in [5.74, 6) is -1.26. The summed E-state index contributed by atoms with van der Waals surface area (Å²) in [7, 11) is 0. The van der Waals surface area contributed by atoms with E-state index >= 15 is 0 Å². The second-order valence-electron chi connectivity index (χ2n) is 2.35. The van der Waals surface area contributed by atoms with E-state index in [9.17, 15) is 13.0 Å². The molecule has 1 aromatic rings. The highest BCUT2D eigenvalue weighted by molar-refractivity contribution is 14.1. The number of aryl methyl sites for hydroxylation is 1. The maximum atomic E-state index is 10.6. The van der Waals surface area contributed by atoms with Gasteiger partial charge in [-0.2, -0.15) is 0 Å².